The fourth-order valence-corrected chi connectivity index (χ4v) is 3.28. The van der Waals surface area contributed by atoms with E-state index >= 15 is 0 Å². The molecule has 1 aromatic carbocycles. The van der Waals surface area contributed by atoms with E-state index in [4.69, 9.17) is 9.47 Å². The maximum absolute atomic E-state index is 11.6. The average Bonchev–Trinajstić information content (AvgIpc) is 2.26. The summed E-state index contributed by atoms with van der Waals surface area (Å²) < 4.78 is 12.0. The lowest BCUT2D eigenvalue weighted by Crippen LogP contribution is -2.31. The van der Waals surface area contributed by atoms with Crippen LogP contribution in [-0.4, -0.2) is 12.6 Å². The molecular formula is C15H19BrO3. The standard InChI is InChI=1S/C15H19BrO3/c1-4-5-6-18-10-7-11(16)14-12(8-10)19-13(17)9-15(14,2)3/h7-8H,4-6,9H2,1-3H3. The molecule has 19 heavy (non-hydrogen) atoms. The Morgan fingerprint density at radius 1 is 1.42 bits per heavy atom. The van der Waals surface area contributed by atoms with Crippen molar-refractivity contribution in [2.24, 2.45) is 0 Å². The summed E-state index contributed by atoms with van der Waals surface area (Å²) in [6.45, 7) is 6.90. The van der Waals surface area contributed by atoms with Gasteiger partial charge in [-0.05, 0) is 12.5 Å². The molecule has 0 aromatic heterocycles. The third-order valence-corrected chi connectivity index (χ3v) is 3.91. The number of hydrogen-bond acceptors (Lipinski definition) is 3. The van der Waals surface area contributed by atoms with E-state index in [0.29, 0.717) is 18.8 Å². The van der Waals surface area contributed by atoms with E-state index in [0.717, 1.165) is 28.6 Å². The molecule has 0 spiro atoms. The third kappa shape index (κ3) is 3.11. The van der Waals surface area contributed by atoms with Crippen molar-refractivity contribution >= 4 is 21.9 Å². The Bertz CT molecular complexity index is 494. The topological polar surface area (TPSA) is 35.5 Å². The quantitative estimate of drug-likeness (QED) is 0.472. The Kier molecular flexibility index (Phi) is 4.19. The summed E-state index contributed by atoms with van der Waals surface area (Å²) in [7, 11) is 0. The van der Waals surface area contributed by atoms with E-state index in [1.165, 1.54) is 0 Å². The number of benzene rings is 1. The monoisotopic (exact) mass is 326 g/mol. The maximum atomic E-state index is 11.6. The van der Waals surface area contributed by atoms with Crippen molar-refractivity contribution in [3.8, 4) is 11.5 Å². The van der Waals surface area contributed by atoms with Crippen molar-refractivity contribution in [2.45, 2.75) is 45.4 Å². The van der Waals surface area contributed by atoms with Gasteiger partial charge in [0.2, 0.25) is 0 Å². The molecule has 0 saturated heterocycles. The summed E-state index contributed by atoms with van der Waals surface area (Å²) in [6.07, 6.45) is 2.50. The molecule has 0 aliphatic carbocycles. The van der Waals surface area contributed by atoms with Crippen LogP contribution in [-0.2, 0) is 10.2 Å². The summed E-state index contributed by atoms with van der Waals surface area (Å²) in [4.78, 5) is 11.6. The lowest BCUT2D eigenvalue weighted by molar-refractivity contribution is -0.136. The Hall–Kier alpha value is -1.03. The van der Waals surface area contributed by atoms with Gasteiger partial charge in [-0.15, -0.1) is 0 Å². The summed E-state index contributed by atoms with van der Waals surface area (Å²) >= 11 is 3.57. The number of unbranched alkanes of at least 4 members (excludes halogenated alkanes) is 1. The highest BCUT2D eigenvalue weighted by molar-refractivity contribution is 9.10. The van der Waals surface area contributed by atoms with Gasteiger partial charge in [0.05, 0.1) is 13.0 Å². The van der Waals surface area contributed by atoms with Crippen molar-refractivity contribution in [1.82, 2.24) is 0 Å². The second-order valence-electron chi connectivity index (χ2n) is 5.51. The SMILES string of the molecule is CCCCOc1cc(Br)c2c(c1)OC(=O)CC2(C)C. The first kappa shape index (κ1) is 14.4. The molecule has 0 bridgehead atoms. The molecule has 4 heteroatoms. The normalized spacial score (nSPS) is 16.7. The number of hydrogen-bond donors (Lipinski definition) is 0. The van der Waals surface area contributed by atoms with Crippen LogP contribution >= 0.6 is 15.9 Å². The van der Waals surface area contributed by atoms with Crippen LogP contribution in [0.15, 0.2) is 16.6 Å². The van der Waals surface area contributed by atoms with Gasteiger partial charge < -0.3 is 9.47 Å². The number of carbonyl (C=O) groups is 1. The zero-order valence-corrected chi connectivity index (χ0v) is 13.2. The molecule has 1 aromatic rings. The van der Waals surface area contributed by atoms with E-state index in [1.807, 2.05) is 12.1 Å². The van der Waals surface area contributed by atoms with Crippen molar-refractivity contribution in [2.75, 3.05) is 6.61 Å². The zero-order valence-electron chi connectivity index (χ0n) is 11.6. The first-order valence-electron chi connectivity index (χ1n) is 6.61. The minimum atomic E-state index is -0.217. The largest absolute Gasteiger partial charge is 0.493 e. The second kappa shape index (κ2) is 5.53. The molecule has 1 aliphatic rings. The number of halogens is 1. The fourth-order valence-electron chi connectivity index (χ4n) is 2.32. The number of esters is 1. The lowest BCUT2D eigenvalue weighted by atomic mass is 9.79. The van der Waals surface area contributed by atoms with E-state index < -0.39 is 0 Å². The molecule has 0 atom stereocenters. The van der Waals surface area contributed by atoms with Gasteiger partial charge in [0.25, 0.3) is 0 Å². The predicted octanol–water partition coefficient (Wildman–Crippen LogP) is 4.21. The number of fused-ring (bicyclic) bond motifs is 1. The highest BCUT2D eigenvalue weighted by atomic mass is 79.9. The van der Waals surface area contributed by atoms with Crippen LogP contribution in [0.3, 0.4) is 0 Å². The molecule has 1 heterocycles. The Morgan fingerprint density at radius 2 is 2.16 bits per heavy atom. The highest BCUT2D eigenvalue weighted by Crippen LogP contribution is 2.45. The van der Waals surface area contributed by atoms with Gasteiger partial charge in [-0.2, -0.15) is 0 Å². The number of rotatable bonds is 4. The zero-order chi connectivity index (χ0) is 14.0. The highest BCUT2D eigenvalue weighted by Gasteiger charge is 2.36. The summed E-state index contributed by atoms with van der Waals surface area (Å²) in [5.74, 6) is 1.17. The maximum Gasteiger partial charge on any atom is 0.312 e. The average molecular weight is 327 g/mol. The van der Waals surface area contributed by atoms with Crippen molar-refractivity contribution in [3.63, 3.8) is 0 Å². The summed E-state index contributed by atoms with van der Waals surface area (Å²) in [5.41, 5.74) is 0.820. The van der Waals surface area contributed by atoms with Crippen molar-refractivity contribution in [1.29, 1.82) is 0 Å². The molecule has 104 valence electrons. The van der Waals surface area contributed by atoms with Gasteiger partial charge in [0, 0.05) is 21.5 Å². The van der Waals surface area contributed by atoms with Crippen LogP contribution in [0.4, 0.5) is 0 Å². The molecule has 0 fully saturated rings. The van der Waals surface area contributed by atoms with Crippen LogP contribution < -0.4 is 9.47 Å². The molecular weight excluding hydrogens is 308 g/mol. The molecule has 1 aliphatic heterocycles. The second-order valence-corrected chi connectivity index (χ2v) is 6.37. The van der Waals surface area contributed by atoms with Gasteiger partial charge in [0.15, 0.2) is 0 Å². The minimum Gasteiger partial charge on any atom is -0.493 e. The van der Waals surface area contributed by atoms with Gasteiger partial charge >= 0.3 is 5.97 Å². The van der Waals surface area contributed by atoms with Gasteiger partial charge in [-0.1, -0.05) is 43.1 Å². The van der Waals surface area contributed by atoms with E-state index in [1.54, 1.807) is 0 Å². The van der Waals surface area contributed by atoms with Crippen LogP contribution in [0.5, 0.6) is 11.5 Å². The van der Waals surface area contributed by atoms with Crippen LogP contribution in [0, 0.1) is 0 Å². The number of ether oxygens (including phenoxy) is 2. The first-order valence-corrected chi connectivity index (χ1v) is 7.41. The fraction of sp³-hybridized carbons (Fsp3) is 0.533. The third-order valence-electron chi connectivity index (χ3n) is 3.28. The Morgan fingerprint density at radius 3 is 2.84 bits per heavy atom. The van der Waals surface area contributed by atoms with Crippen LogP contribution in [0.25, 0.3) is 0 Å². The van der Waals surface area contributed by atoms with E-state index in [9.17, 15) is 4.79 Å². The Labute approximate surface area is 122 Å². The van der Waals surface area contributed by atoms with Gasteiger partial charge in [0.1, 0.15) is 11.5 Å². The predicted molar refractivity (Wildman–Crippen MR) is 77.8 cm³/mol. The molecule has 0 amide bonds. The molecule has 0 saturated carbocycles. The van der Waals surface area contributed by atoms with E-state index in [-0.39, 0.29) is 11.4 Å². The molecule has 0 N–H and O–H groups in total. The van der Waals surface area contributed by atoms with Gasteiger partial charge in [-0.25, -0.2) is 0 Å². The van der Waals surface area contributed by atoms with E-state index in [2.05, 4.69) is 36.7 Å². The van der Waals surface area contributed by atoms with Crippen molar-refractivity contribution in [3.05, 3.63) is 22.2 Å². The molecule has 0 unspecified atom stereocenters. The lowest BCUT2D eigenvalue weighted by Gasteiger charge is -2.32. The van der Waals surface area contributed by atoms with Crippen molar-refractivity contribution < 1.29 is 14.3 Å². The smallest absolute Gasteiger partial charge is 0.312 e. The number of carbonyl (C=O) groups excluding carboxylic acids is 1. The summed E-state index contributed by atoms with van der Waals surface area (Å²) in [6, 6.07) is 3.77. The minimum absolute atomic E-state index is 0.185. The van der Waals surface area contributed by atoms with Crippen LogP contribution in [0.1, 0.15) is 45.6 Å². The molecule has 3 nitrogen and oxygen atoms in total. The summed E-state index contributed by atoms with van der Waals surface area (Å²) in [5, 5.41) is 0. The molecule has 2 rings (SSSR count). The van der Waals surface area contributed by atoms with Crippen LogP contribution in [0.2, 0.25) is 0 Å². The molecule has 0 radical (unpaired) electrons. The Balaban J connectivity index is 2.32. The first-order chi connectivity index (χ1) is 8.94. The van der Waals surface area contributed by atoms with Gasteiger partial charge in [-0.3, -0.25) is 4.79 Å².